The molecule has 2 aliphatic rings. The number of carbonyl (C=O) groups excluding carboxylic acids is 3. The molecule has 0 radical (unpaired) electrons. The van der Waals surface area contributed by atoms with Gasteiger partial charge in [-0.25, -0.2) is 4.79 Å². The number of piperidine rings is 1. The van der Waals surface area contributed by atoms with E-state index >= 15 is 0 Å². The first kappa shape index (κ1) is 56.4. The zero-order chi connectivity index (χ0) is 53.7. The molecule has 404 valence electrons. The van der Waals surface area contributed by atoms with Crippen LogP contribution < -0.4 is 38.6 Å². The van der Waals surface area contributed by atoms with Gasteiger partial charge >= 0.3 is 5.97 Å². The van der Waals surface area contributed by atoms with Crippen LogP contribution in [0.15, 0.2) is 103 Å². The average molecular weight is 1040 g/mol. The third kappa shape index (κ3) is 15.2. The van der Waals surface area contributed by atoms with Crippen LogP contribution in [0.25, 0.3) is 0 Å². The number of hydrogen-bond donors (Lipinski definition) is 1. The molecule has 0 saturated carbocycles. The number of anilines is 1. The fourth-order valence-corrected chi connectivity index (χ4v) is 10.3. The number of para-hydroxylation sites is 1. The second-order valence-corrected chi connectivity index (χ2v) is 19.5. The Morgan fingerprint density at radius 1 is 0.671 bits per heavy atom. The van der Waals surface area contributed by atoms with Crippen LogP contribution in [0.1, 0.15) is 136 Å². The Balaban J connectivity index is 0.892. The molecular weight excluding hydrogens is 959 g/mol. The number of benzene rings is 5. The maximum Gasteiger partial charge on any atom is 0.329 e. The van der Waals surface area contributed by atoms with Gasteiger partial charge < -0.3 is 48.3 Å². The molecule has 1 saturated heterocycles. The predicted molar refractivity (Wildman–Crippen MR) is 297 cm³/mol. The van der Waals surface area contributed by atoms with Crippen LogP contribution in [0, 0.1) is 11.8 Å². The van der Waals surface area contributed by atoms with E-state index in [-0.39, 0.29) is 18.4 Å². The van der Waals surface area contributed by atoms with Crippen molar-refractivity contribution >= 4 is 23.5 Å². The highest BCUT2D eigenvalue weighted by atomic mass is 16.5. The smallest absolute Gasteiger partial charge is 0.329 e. The van der Waals surface area contributed by atoms with Crippen LogP contribution in [-0.4, -0.2) is 90.5 Å². The van der Waals surface area contributed by atoms with Crippen LogP contribution in [0.4, 0.5) is 5.69 Å². The predicted octanol–water partition coefficient (Wildman–Crippen LogP) is 11.6. The molecule has 5 aromatic carbocycles. The normalized spacial score (nSPS) is 14.5. The Morgan fingerprint density at radius 2 is 1.36 bits per heavy atom. The van der Waals surface area contributed by atoms with Crippen LogP contribution in [0.3, 0.4) is 0 Å². The maximum absolute atomic E-state index is 14.5. The second-order valence-electron chi connectivity index (χ2n) is 19.5. The number of carbonyl (C=O) groups is 3. The maximum atomic E-state index is 14.5. The van der Waals surface area contributed by atoms with E-state index in [1.54, 1.807) is 51.5 Å². The standard InChI is InChI=1S/C63H77N3O10/c1-7-52(50-41-58(72-4)61(74-6)59(42-50)73-5)62(68)66-38-21-18-29-54(66)63(69)76-55(34-30-45-31-35-56(70-2)57(39-45)71-3)48-26-22-27-51(40-48)75-44-60(67)64-36-19-12-10-8-9-11-13-20-37-65-43-49-25-15-14-23-46(49)32-33-47-24-16-17-28-53(47)65/h14-17,22-28,31,35,39-42,52,54-55H,7-13,18-21,29-30,34,36-38,43-44H2,1-6H3,(H,64,67)/t52-,54-,55+/m0/s1. The summed E-state index contributed by atoms with van der Waals surface area (Å²) in [7, 11) is 7.82. The Bertz CT molecular complexity index is 2740. The first-order valence-electron chi connectivity index (χ1n) is 27.1. The van der Waals surface area contributed by atoms with Crippen molar-refractivity contribution in [3.05, 3.63) is 137 Å². The molecule has 1 fully saturated rings. The summed E-state index contributed by atoms with van der Waals surface area (Å²) in [6.45, 7) is 4.69. The fourth-order valence-electron chi connectivity index (χ4n) is 10.3. The van der Waals surface area contributed by atoms with Gasteiger partial charge in [0.05, 0.1) is 47.2 Å². The topological polar surface area (TPSA) is 134 Å². The van der Waals surface area contributed by atoms with Gasteiger partial charge in [0.15, 0.2) is 29.6 Å². The summed E-state index contributed by atoms with van der Waals surface area (Å²) in [5, 5.41) is 3.02. The molecule has 0 spiro atoms. The van der Waals surface area contributed by atoms with Crippen molar-refractivity contribution in [3.63, 3.8) is 0 Å². The lowest BCUT2D eigenvalue weighted by molar-refractivity contribution is -0.162. The molecular formula is C63H77N3O10. The molecule has 3 atom stereocenters. The van der Waals surface area contributed by atoms with Gasteiger partial charge in [0.1, 0.15) is 17.9 Å². The number of unbranched alkanes of at least 4 members (excludes halogenated alkanes) is 7. The Labute approximate surface area is 450 Å². The number of fused-ring (bicyclic) bond motifs is 2. The molecule has 13 heteroatoms. The molecule has 13 nitrogen and oxygen atoms in total. The molecule has 5 aromatic rings. The molecule has 1 N–H and O–H groups in total. The van der Waals surface area contributed by atoms with Crippen LogP contribution in [-0.2, 0) is 32.1 Å². The van der Waals surface area contributed by atoms with Gasteiger partial charge in [-0.3, -0.25) is 9.59 Å². The number of nitrogens with zero attached hydrogens (tertiary/aromatic N) is 2. The van der Waals surface area contributed by atoms with Crippen molar-refractivity contribution in [2.75, 3.05) is 66.7 Å². The number of nitrogens with one attached hydrogen (secondary N) is 1. The van der Waals surface area contributed by atoms with E-state index in [9.17, 15) is 14.4 Å². The first-order valence-corrected chi connectivity index (χ1v) is 27.1. The lowest BCUT2D eigenvalue weighted by Crippen LogP contribution is -2.50. The van der Waals surface area contributed by atoms with E-state index in [2.05, 4.69) is 70.6 Å². The summed E-state index contributed by atoms with van der Waals surface area (Å²) in [5.41, 5.74) is 7.08. The average Bonchev–Trinajstić information content (AvgIpc) is 3.46. The van der Waals surface area contributed by atoms with Crippen molar-refractivity contribution in [1.29, 1.82) is 0 Å². The molecule has 0 aliphatic carbocycles. The summed E-state index contributed by atoms with van der Waals surface area (Å²) >= 11 is 0. The molecule has 2 aliphatic heterocycles. The van der Waals surface area contributed by atoms with Gasteiger partial charge in [0.25, 0.3) is 5.91 Å². The highest BCUT2D eigenvalue weighted by Gasteiger charge is 2.38. The number of aryl methyl sites for hydroxylation is 1. The molecule has 7 rings (SSSR count). The molecule has 0 aromatic heterocycles. The summed E-state index contributed by atoms with van der Waals surface area (Å²) in [5.74, 6) is 8.41. The van der Waals surface area contributed by atoms with Gasteiger partial charge in [0.2, 0.25) is 11.7 Å². The summed E-state index contributed by atoms with van der Waals surface area (Å²) < 4.78 is 40.3. The number of hydrogen-bond acceptors (Lipinski definition) is 11. The molecule has 0 unspecified atom stereocenters. The van der Waals surface area contributed by atoms with Gasteiger partial charge in [-0.1, -0.05) is 106 Å². The number of ether oxygens (including phenoxy) is 7. The van der Waals surface area contributed by atoms with Gasteiger partial charge in [-0.15, -0.1) is 0 Å². The Hall–Kier alpha value is -7.33. The van der Waals surface area contributed by atoms with E-state index in [4.69, 9.17) is 33.2 Å². The minimum Gasteiger partial charge on any atom is -0.493 e. The molecule has 2 amide bonds. The number of likely N-dealkylation sites (tertiary alicyclic amines) is 1. The van der Waals surface area contributed by atoms with Crippen LogP contribution >= 0.6 is 0 Å². The molecule has 76 heavy (non-hydrogen) atoms. The quantitative estimate of drug-likeness (QED) is 0.0291. The largest absolute Gasteiger partial charge is 0.493 e. The Morgan fingerprint density at radius 3 is 2.08 bits per heavy atom. The minimum atomic E-state index is -0.783. The summed E-state index contributed by atoms with van der Waals surface area (Å²) in [6, 6.07) is 32.9. The van der Waals surface area contributed by atoms with Crippen molar-refractivity contribution in [2.24, 2.45) is 0 Å². The number of rotatable bonds is 28. The van der Waals surface area contributed by atoms with Crippen molar-refractivity contribution in [1.82, 2.24) is 10.2 Å². The zero-order valence-corrected chi connectivity index (χ0v) is 45.5. The summed E-state index contributed by atoms with van der Waals surface area (Å²) in [6.07, 6.45) is 11.8. The molecule has 2 heterocycles. The van der Waals surface area contributed by atoms with E-state index in [0.29, 0.717) is 84.4 Å². The highest BCUT2D eigenvalue weighted by molar-refractivity contribution is 5.89. The third-order valence-corrected chi connectivity index (χ3v) is 14.5. The summed E-state index contributed by atoms with van der Waals surface area (Å²) in [4.78, 5) is 46.2. The SMILES string of the molecule is CC[C@H](C(=O)N1CCCC[C@H]1C(=O)O[C@H](CCc1ccc(OC)c(OC)c1)c1cccc(OCC(=O)NCCCCCCCCCCN2Cc3ccccc3C#Cc3ccccc32)c1)c1cc(OC)c(OC)c(OC)c1. The number of esters is 1. The van der Waals surface area contributed by atoms with Gasteiger partial charge in [-0.2, -0.15) is 0 Å². The monoisotopic (exact) mass is 1040 g/mol. The fraction of sp³-hybridized carbons (Fsp3) is 0.444. The second kappa shape index (κ2) is 29.1. The van der Waals surface area contributed by atoms with Crippen LogP contribution in [0.5, 0.6) is 34.5 Å². The lowest BCUT2D eigenvalue weighted by atomic mass is 9.91. The number of amides is 2. The highest BCUT2D eigenvalue weighted by Crippen LogP contribution is 2.42. The molecule has 0 bridgehead atoms. The lowest BCUT2D eigenvalue weighted by Gasteiger charge is -2.37. The van der Waals surface area contributed by atoms with E-state index < -0.39 is 24.0 Å². The number of methoxy groups -OCH3 is 5. The van der Waals surface area contributed by atoms with E-state index in [1.165, 1.54) is 44.0 Å². The first-order chi connectivity index (χ1) is 37.2. The van der Waals surface area contributed by atoms with Crippen LogP contribution in [0.2, 0.25) is 0 Å². The zero-order valence-electron chi connectivity index (χ0n) is 45.5. The van der Waals surface area contributed by atoms with Crippen molar-refractivity contribution in [3.8, 4) is 46.3 Å². The Kier molecular flexibility index (Phi) is 21.6. The van der Waals surface area contributed by atoms with Crippen molar-refractivity contribution < 1.29 is 47.5 Å². The minimum absolute atomic E-state index is 0.147. The van der Waals surface area contributed by atoms with Crippen molar-refractivity contribution in [2.45, 2.75) is 121 Å². The third-order valence-electron chi connectivity index (χ3n) is 14.5. The van der Waals surface area contributed by atoms with E-state index in [0.717, 1.165) is 68.3 Å². The van der Waals surface area contributed by atoms with Gasteiger partial charge in [0, 0.05) is 37.3 Å². The van der Waals surface area contributed by atoms with Gasteiger partial charge in [-0.05, 0) is 128 Å². The van der Waals surface area contributed by atoms with E-state index in [1.807, 2.05) is 43.3 Å².